The smallest absolute Gasteiger partial charge is 0.309 e. The van der Waals surface area contributed by atoms with E-state index < -0.39 is 5.97 Å². The van der Waals surface area contributed by atoms with Crippen molar-refractivity contribution in [1.29, 1.82) is 0 Å². The summed E-state index contributed by atoms with van der Waals surface area (Å²) in [6.07, 6.45) is 0. The third kappa shape index (κ3) is 4.52. The molecule has 0 amide bonds. The second kappa shape index (κ2) is 8.57. The molecule has 4 aromatic rings. The summed E-state index contributed by atoms with van der Waals surface area (Å²) in [5.41, 5.74) is 2.61. The number of ether oxygens (including phenoxy) is 1. The molecule has 1 saturated heterocycles. The van der Waals surface area contributed by atoms with E-state index in [0.29, 0.717) is 31.3 Å². The topological polar surface area (TPSA) is 88.7 Å². The van der Waals surface area contributed by atoms with Crippen LogP contribution in [0.5, 0.6) is 5.75 Å². The van der Waals surface area contributed by atoms with Crippen molar-refractivity contribution in [2.75, 3.05) is 13.1 Å². The maximum absolute atomic E-state index is 11.1. The van der Waals surface area contributed by atoms with Gasteiger partial charge in [-0.2, -0.15) is 4.98 Å². The highest BCUT2D eigenvalue weighted by molar-refractivity contribution is 5.97. The Labute approximate surface area is 198 Å². The van der Waals surface area contributed by atoms with E-state index in [1.807, 2.05) is 63.2 Å². The number of likely N-dealkylation sites (tertiary alicyclic amines) is 1. The van der Waals surface area contributed by atoms with Gasteiger partial charge in [0.1, 0.15) is 11.4 Å². The first-order valence-electron chi connectivity index (χ1n) is 11.4. The Hall–Kier alpha value is -3.71. The number of nitrogens with zero attached hydrogens (tertiary/aromatic N) is 3. The average Bonchev–Trinajstić information content (AvgIpc) is 3.25. The molecule has 0 bridgehead atoms. The van der Waals surface area contributed by atoms with Gasteiger partial charge in [-0.15, -0.1) is 0 Å². The zero-order valence-electron chi connectivity index (χ0n) is 19.5. The molecule has 0 spiro atoms. The zero-order chi connectivity index (χ0) is 23.9. The molecule has 0 saturated carbocycles. The molecule has 0 unspecified atom stereocenters. The van der Waals surface area contributed by atoms with Gasteiger partial charge in [-0.05, 0) is 61.4 Å². The lowest BCUT2D eigenvalue weighted by Gasteiger charge is -2.36. The molecule has 0 radical (unpaired) electrons. The van der Waals surface area contributed by atoms with Crippen molar-refractivity contribution in [2.45, 2.75) is 32.9 Å². The van der Waals surface area contributed by atoms with Crippen molar-refractivity contribution in [1.82, 2.24) is 15.0 Å². The van der Waals surface area contributed by atoms with Crippen LogP contribution in [0.15, 0.2) is 65.2 Å². The number of aliphatic carboxylic acids is 1. The molecule has 1 fully saturated rings. The van der Waals surface area contributed by atoms with E-state index in [1.54, 1.807) is 0 Å². The summed E-state index contributed by atoms with van der Waals surface area (Å²) in [5, 5.41) is 15.5. The van der Waals surface area contributed by atoms with Crippen LogP contribution in [-0.4, -0.2) is 44.8 Å². The molecule has 1 N–H and O–H groups in total. The Balaban J connectivity index is 1.40. The van der Waals surface area contributed by atoms with Crippen LogP contribution in [0.4, 0.5) is 0 Å². The summed E-state index contributed by atoms with van der Waals surface area (Å²) in [6, 6.07) is 19.9. The fourth-order valence-electron chi connectivity index (χ4n) is 4.26. The first-order chi connectivity index (χ1) is 16.3. The minimum Gasteiger partial charge on any atom is -0.488 e. The van der Waals surface area contributed by atoms with Crippen molar-refractivity contribution in [3.8, 4) is 28.6 Å². The molecular weight excluding hydrogens is 430 g/mol. The van der Waals surface area contributed by atoms with Crippen LogP contribution in [0.25, 0.3) is 33.6 Å². The van der Waals surface area contributed by atoms with E-state index in [0.717, 1.165) is 33.2 Å². The number of carboxylic acids is 1. The predicted molar refractivity (Wildman–Crippen MR) is 129 cm³/mol. The monoisotopic (exact) mass is 457 g/mol. The summed E-state index contributed by atoms with van der Waals surface area (Å²) < 4.78 is 11.5. The van der Waals surface area contributed by atoms with Crippen molar-refractivity contribution in [3.05, 3.63) is 66.2 Å². The first-order valence-corrected chi connectivity index (χ1v) is 11.4. The molecule has 5 rings (SSSR count). The van der Waals surface area contributed by atoms with Crippen molar-refractivity contribution >= 4 is 16.7 Å². The molecule has 7 heteroatoms. The van der Waals surface area contributed by atoms with Gasteiger partial charge in [0.25, 0.3) is 5.89 Å². The first kappa shape index (κ1) is 22.1. The van der Waals surface area contributed by atoms with Crippen LogP contribution >= 0.6 is 0 Å². The highest BCUT2D eigenvalue weighted by Gasteiger charge is 2.32. The number of aromatic nitrogens is 2. The number of fused-ring (bicyclic) bond motifs is 1. The number of carboxylic acid groups (broad SMARTS) is 1. The highest BCUT2D eigenvalue weighted by atomic mass is 16.5. The summed E-state index contributed by atoms with van der Waals surface area (Å²) in [4.78, 5) is 17.9. The predicted octanol–water partition coefficient (Wildman–Crippen LogP) is 5.25. The van der Waals surface area contributed by atoms with Gasteiger partial charge in [0, 0.05) is 30.8 Å². The van der Waals surface area contributed by atoms with Crippen LogP contribution in [-0.2, 0) is 11.3 Å². The van der Waals surface area contributed by atoms with E-state index in [9.17, 15) is 4.79 Å². The van der Waals surface area contributed by atoms with Gasteiger partial charge in [0.2, 0.25) is 5.82 Å². The minimum atomic E-state index is -0.722. The average molecular weight is 458 g/mol. The Bertz CT molecular complexity index is 1330. The molecule has 1 aromatic heterocycles. The van der Waals surface area contributed by atoms with Gasteiger partial charge < -0.3 is 14.4 Å². The number of benzene rings is 3. The fraction of sp³-hybridized carbons (Fsp3) is 0.296. The lowest BCUT2D eigenvalue weighted by Crippen LogP contribution is -2.49. The molecule has 1 aliphatic heterocycles. The van der Waals surface area contributed by atoms with E-state index in [2.05, 4.69) is 33.2 Å². The molecule has 34 heavy (non-hydrogen) atoms. The molecule has 0 aliphatic carbocycles. The lowest BCUT2D eigenvalue weighted by atomic mass is 9.95. The molecule has 1 aliphatic rings. The highest BCUT2D eigenvalue weighted by Crippen LogP contribution is 2.32. The van der Waals surface area contributed by atoms with Crippen LogP contribution in [0.2, 0.25) is 0 Å². The molecule has 174 valence electrons. The van der Waals surface area contributed by atoms with Gasteiger partial charge in [0.05, 0.1) is 5.92 Å². The van der Waals surface area contributed by atoms with Crippen LogP contribution < -0.4 is 4.74 Å². The van der Waals surface area contributed by atoms with Crippen molar-refractivity contribution in [3.63, 3.8) is 0 Å². The third-order valence-corrected chi connectivity index (χ3v) is 5.91. The van der Waals surface area contributed by atoms with E-state index in [4.69, 9.17) is 14.4 Å². The second-order valence-electron chi connectivity index (χ2n) is 9.71. The second-order valence-corrected chi connectivity index (χ2v) is 9.71. The summed E-state index contributed by atoms with van der Waals surface area (Å²) in [6.45, 7) is 7.91. The number of hydrogen-bond acceptors (Lipinski definition) is 6. The fourth-order valence-corrected chi connectivity index (χ4v) is 4.26. The van der Waals surface area contributed by atoms with Crippen molar-refractivity contribution in [2.24, 2.45) is 5.92 Å². The summed E-state index contributed by atoms with van der Waals surface area (Å²) in [5.74, 6) is 0.779. The Morgan fingerprint density at radius 1 is 1.06 bits per heavy atom. The van der Waals surface area contributed by atoms with E-state index in [1.165, 1.54) is 0 Å². The normalized spacial score (nSPS) is 14.8. The SMILES string of the molecule is CC(C)(C)Oc1ccc(-c2nc(-c3ccc(CN4CC(C(=O)O)C4)c4ccccc34)no2)cc1. The Morgan fingerprint density at radius 2 is 1.76 bits per heavy atom. The number of hydrogen-bond donors (Lipinski definition) is 1. The van der Waals surface area contributed by atoms with Gasteiger partial charge in [-0.25, -0.2) is 0 Å². The third-order valence-electron chi connectivity index (χ3n) is 5.91. The lowest BCUT2D eigenvalue weighted by molar-refractivity contribution is -0.147. The molecule has 2 heterocycles. The largest absolute Gasteiger partial charge is 0.488 e. The summed E-state index contributed by atoms with van der Waals surface area (Å²) in [7, 11) is 0. The summed E-state index contributed by atoms with van der Waals surface area (Å²) >= 11 is 0. The van der Waals surface area contributed by atoms with Gasteiger partial charge in [-0.1, -0.05) is 41.6 Å². The number of rotatable bonds is 6. The maximum atomic E-state index is 11.1. The minimum absolute atomic E-state index is 0.264. The molecule has 3 aromatic carbocycles. The van der Waals surface area contributed by atoms with E-state index in [-0.39, 0.29) is 11.5 Å². The standard InChI is InChI=1S/C27H27N3O4/c1-27(2,3)33-20-11-8-17(9-12-20)25-28-24(29-34-25)23-13-10-18(21-6-4-5-7-22(21)23)14-30-15-19(16-30)26(31)32/h4-13,19H,14-16H2,1-3H3,(H,31,32). The molecular formula is C27H27N3O4. The van der Waals surface area contributed by atoms with E-state index >= 15 is 0 Å². The van der Waals surface area contributed by atoms with Gasteiger partial charge in [-0.3, -0.25) is 9.69 Å². The van der Waals surface area contributed by atoms with Crippen LogP contribution in [0.3, 0.4) is 0 Å². The van der Waals surface area contributed by atoms with Gasteiger partial charge in [0.15, 0.2) is 0 Å². The van der Waals surface area contributed by atoms with Crippen LogP contribution in [0, 0.1) is 5.92 Å². The number of carbonyl (C=O) groups is 1. The Morgan fingerprint density at radius 3 is 2.44 bits per heavy atom. The van der Waals surface area contributed by atoms with Crippen LogP contribution in [0.1, 0.15) is 26.3 Å². The Kier molecular flexibility index (Phi) is 5.57. The van der Waals surface area contributed by atoms with Crippen molar-refractivity contribution < 1.29 is 19.2 Å². The quantitative estimate of drug-likeness (QED) is 0.423. The molecule has 7 nitrogen and oxygen atoms in total. The maximum Gasteiger partial charge on any atom is 0.309 e. The van der Waals surface area contributed by atoms with Gasteiger partial charge >= 0.3 is 5.97 Å². The zero-order valence-corrected chi connectivity index (χ0v) is 19.5. The molecule has 0 atom stereocenters.